The topological polar surface area (TPSA) is 69.3 Å². The predicted octanol–water partition coefficient (Wildman–Crippen LogP) is 4.04. The Labute approximate surface area is 187 Å². The van der Waals surface area contributed by atoms with Gasteiger partial charge in [0.05, 0.1) is 4.91 Å². The van der Waals surface area contributed by atoms with E-state index in [1.165, 1.54) is 18.2 Å². The van der Waals surface area contributed by atoms with Crippen molar-refractivity contribution in [2.45, 2.75) is 66.0 Å². The third-order valence-corrected chi connectivity index (χ3v) is 6.89. The van der Waals surface area contributed by atoms with Crippen LogP contribution in [0.4, 0.5) is 5.82 Å². The van der Waals surface area contributed by atoms with Crippen LogP contribution in [0.1, 0.15) is 63.1 Å². The average molecular weight is 445 g/mol. The Hall–Kier alpha value is -2.11. The van der Waals surface area contributed by atoms with Crippen molar-refractivity contribution in [3.63, 3.8) is 0 Å². The van der Waals surface area contributed by atoms with E-state index in [-0.39, 0.29) is 23.1 Å². The minimum atomic E-state index is -0.246. The molecule has 6 nitrogen and oxygen atoms in total. The Morgan fingerprint density at radius 3 is 2.43 bits per heavy atom. The standard InChI is InChI=1S/C22H28N4O2S2/c1-5-9-25-19(24-10-7-6-8-11-24)16(15(4)17(13-23)20(25)27)12-18-21(28)26(14(2)3)22(29)30-18/h12,14H,5-11H2,1-4H3. The number of thioether (sulfide) groups is 1. The third-order valence-electron chi connectivity index (χ3n) is 5.56. The summed E-state index contributed by atoms with van der Waals surface area (Å²) in [5, 5.41) is 9.69. The van der Waals surface area contributed by atoms with Crippen molar-refractivity contribution in [1.82, 2.24) is 9.47 Å². The lowest BCUT2D eigenvalue weighted by molar-refractivity contribution is -0.123. The number of hydrogen-bond acceptors (Lipinski definition) is 6. The van der Waals surface area contributed by atoms with E-state index in [0.717, 1.165) is 43.7 Å². The van der Waals surface area contributed by atoms with Gasteiger partial charge in [0.25, 0.3) is 11.5 Å². The summed E-state index contributed by atoms with van der Waals surface area (Å²) in [5.41, 5.74) is 1.31. The van der Waals surface area contributed by atoms with Gasteiger partial charge in [-0.15, -0.1) is 0 Å². The van der Waals surface area contributed by atoms with Crippen LogP contribution in [0.5, 0.6) is 0 Å². The van der Waals surface area contributed by atoms with Crippen LogP contribution in [0.3, 0.4) is 0 Å². The molecule has 0 saturated carbocycles. The first-order valence-electron chi connectivity index (χ1n) is 10.5. The van der Waals surface area contributed by atoms with Crippen LogP contribution in [-0.2, 0) is 11.3 Å². The highest BCUT2D eigenvalue weighted by Crippen LogP contribution is 2.37. The lowest BCUT2D eigenvalue weighted by Crippen LogP contribution is -2.37. The zero-order valence-corrected chi connectivity index (χ0v) is 19.7. The molecule has 2 aliphatic heterocycles. The quantitative estimate of drug-likeness (QED) is 0.504. The molecule has 2 aliphatic rings. The Bertz CT molecular complexity index is 998. The Morgan fingerprint density at radius 1 is 1.23 bits per heavy atom. The smallest absolute Gasteiger partial charge is 0.270 e. The molecular formula is C22H28N4O2S2. The number of hydrogen-bond donors (Lipinski definition) is 0. The van der Waals surface area contributed by atoms with Gasteiger partial charge in [-0.3, -0.25) is 19.1 Å². The van der Waals surface area contributed by atoms with Crippen molar-refractivity contribution in [3.8, 4) is 6.07 Å². The van der Waals surface area contributed by atoms with E-state index in [1.54, 1.807) is 16.4 Å². The minimum Gasteiger partial charge on any atom is -0.357 e. The summed E-state index contributed by atoms with van der Waals surface area (Å²) >= 11 is 6.71. The Kier molecular flexibility index (Phi) is 7.04. The van der Waals surface area contributed by atoms with E-state index in [2.05, 4.69) is 11.0 Å². The molecule has 0 aromatic carbocycles. The van der Waals surface area contributed by atoms with Gasteiger partial charge in [-0.05, 0) is 58.1 Å². The summed E-state index contributed by atoms with van der Waals surface area (Å²) in [6, 6.07) is 2.08. The third kappa shape index (κ3) is 4.06. The van der Waals surface area contributed by atoms with E-state index >= 15 is 0 Å². The van der Waals surface area contributed by atoms with Crippen molar-refractivity contribution >= 4 is 46.1 Å². The highest BCUT2D eigenvalue weighted by molar-refractivity contribution is 8.26. The molecule has 0 N–H and O–H groups in total. The molecule has 1 aromatic heterocycles. The molecular weight excluding hydrogens is 416 g/mol. The van der Waals surface area contributed by atoms with Crippen LogP contribution in [-0.4, -0.2) is 38.8 Å². The van der Waals surface area contributed by atoms with Gasteiger partial charge in [0, 0.05) is 31.2 Å². The molecule has 1 aromatic rings. The van der Waals surface area contributed by atoms with Crippen molar-refractivity contribution in [3.05, 3.63) is 31.9 Å². The average Bonchev–Trinajstić information content (AvgIpc) is 3.00. The molecule has 1 amide bonds. The summed E-state index contributed by atoms with van der Waals surface area (Å²) in [6.07, 6.45) is 5.92. The fourth-order valence-corrected chi connectivity index (χ4v) is 5.58. The number of nitrogens with zero attached hydrogens (tertiary/aromatic N) is 4. The maximum Gasteiger partial charge on any atom is 0.270 e. The number of piperidine rings is 1. The Morgan fingerprint density at radius 2 is 1.90 bits per heavy atom. The van der Waals surface area contributed by atoms with Gasteiger partial charge in [0.2, 0.25) is 0 Å². The summed E-state index contributed by atoms with van der Waals surface area (Å²) in [7, 11) is 0. The van der Waals surface area contributed by atoms with E-state index < -0.39 is 0 Å². The highest BCUT2D eigenvalue weighted by Gasteiger charge is 2.34. The van der Waals surface area contributed by atoms with E-state index in [1.807, 2.05) is 26.8 Å². The Balaban J connectivity index is 2.26. The second-order valence-electron chi connectivity index (χ2n) is 8.00. The van der Waals surface area contributed by atoms with Crippen molar-refractivity contribution in [2.24, 2.45) is 0 Å². The molecule has 2 saturated heterocycles. The highest BCUT2D eigenvalue weighted by atomic mass is 32.2. The number of thiocarbonyl (C=S) groups is 1. The molecule has 8 heteroatoms. The molecule has 0 radical (unpaired) electrons. The SMILES string of the molecule is CCCn1c(N2CCCCC2)c(C=C2SC(=S)N(C(C)C)C2=O)c(C)c(C#N)c1=O. The van der Waals surface area contributed by atoms with Gasteiger partial charge in [0.1, 0.15) is 21.8 Å². The second kappa shape index (κ2) is 9.36. The van der Waals surface area contributed by atoms with Gasteiger partial charge in [0.15, 0.2) is 0 Å². The fraction of sp³-hybridized carbons (Fsp3) is 0.545. The molecule has 0 aliphatic carbocycles. The number of rotatable bonds is 5. The van der Waals surface area contributed by atoms with Crippen molar-refractivity contribution in [2.75, 3.05) is 18.0 Å². The number of anilines is 1. The molecule has 0 bridgehead atoms. The van der Waals surface area contributed by atoms with Gasteiger partial charge >= 0.3 is 0 Å². The van der Waals surface area contributed by atoms with Crippen LogP contribution >= 0.6 is 24.0 Å². The van der Waals surface area contributed by atoms with E-state index in [9.17, 15) is 14.9 Å². The molecule has 30 heavy (non-hydrogen) atoms. The van der Waals surface area contributed by atoms with Gasteiger partial charge in [-0.25, -0.2) is 0 Å². The number of amides is 1. The molecule has 3 heterocycles. The first-order chi connectivity index (χ1) is 14.3. The van der Waals surface area contributed by atoms with Crippen molar-refractivity contribution < 1.29 is 4.79 Å². The summed E-state index contributed by atoms with van der Waals surface area (Å²) in [5.74, 6) is 0.712. The van der Waals surface area contributed by atoms with Gasteiger partial charge in [-0.1, -0.05) is 30.9 Å². The number of carbonyl (C=O) groups excluding carboxylic acids is 1. The summed E-state index contributed by atoms with van der Waals surface area (Å²) in [6.45, 7) is 9.96. The molecule has 2 fully saturated rings. The van der Waals surface area contributed by atoms with Crippen LogP contribution in [0.25, 0.3) is 6.08 Å². The van der Waals surface area contributed by atoms with Crippen LogP contribution in [0, 0.1) is 18.3 Å². The number of aromatic nitrogens is 1. The van der Waals surface area contributed by atoms with Crippen LogP contribution in [0.15, 0.2) is 9.70 Å². The van der Waals surface area contributed by atoms with Crippen LogP contribution < -0.4 is 10.5 Å². The maximum atomic E-state index is 13.1. The van der Waals surface area contributed by atoms with E-state index in [4.69, 9.17) is 12.2 Å². The number of pyridine rings is 1. The molecule has 0 spiro atoms. The van der Waals surface area contributed by atoms with E-state index in [0.29, 0.717) is 21.3 Å². The van der Waals surface area contributed by atoms with Crippen molar-refractivity contribution in [1.29, 1.82) is 5.26 Å². The molecule has 3 rings (SSSR count). The predicted molar refractivity (Wildman–Crippen MR) is 127 cm³/mol. The van der Waals surface area contributed by atoms with Gasteiger partial charge < -0.3 is 4.90 Å². The minimum absolute atomic E-state index is 0.0187. The first kappa shape index (κ1) is 22.6. The molecule has 0 unspecified atom stereocenters. The van der Waals surface area contributed by atoms with Gasteiger partial charge in [-0.2, -0.15) is 5.26 Å². The fourth-order valence-electron chi connectivity index (χ4n) is 4.08. The molecule has 160 valence electrons. The lowest BCUT2D eigenvalue weighted by atomic mass is 10.0. The monoisotopic (exact) mass is 444 g/mol. The first-order valence-corrected chi connectivity index (χ1v) is 11.7. The normalized spacial score (nSPS) is 18.6. The zero-order valence-electron chi connectivity index (χ0n) is 18.0. The lowest BCUT2D eigenvalue weighted by Gasteiger charge is -2.33. The largest absolute Gasteiger partial charge is 0.357 e. The summed E-state index contributed by atoms with van der Waals surface area (Å²) in [4.78, 5) is 30.5. The summed E-state index contributed by atoms with van der Waals surface area (Å²) < 4.78 is 2.27. The molecule has 0 atom stereocenters. The number of nitriles is 1. The second-order valence-corrected chi connectivity index (χ2v) is 9.67. The maximum absolute atomic E-state index is 13.1. The van der Waals surface area contributed by atoms with Crippen LogP contribution in [0.2, 0.25) is 0 Å². The number of carbonyl (C=O) groups is 1. The zero-order chi connectivity index (χ0) is 22.0.